The zero-order valence-corrected chi connectivity index (χ0v) is 14.4. The number of methoxy groups -OCH3 is 1. The van der Waals surface area contributed by atoms with Crippen LogP contribution in [-0.2, 0) is 11.3 Å². The van der Waals surface area contributed by atoms with Gasteiger partial charge < -0.3 is 20.5 Å². The molecule has 1 aromatic carbocycles. The summed E-state index contributed by atoms with van der Waals surface area (Å²) >= 11 is 0. The number of nitrogen functional groups attached to an aromatic ring is 1. The van der Waals surface area contributed by atoms with Crippen LogP contribution >= 0.6 is 0 Å². The Morgan fingerprint density at radius 2 is 2.04 bits per heavy atom. The van der Waals surface area contributed by atoms with Crippen molar-refractivity contribution in [3.05, 3.63) is 46.6 Å². The third-order valence-corrected chi connectivity index (χ3v) is 3.63. The van der Waals surface area contributed by atoms with Gasteiger partial charge >= 0.3 is 5.97 Å². The molecule has 0 fully saturated rings. The van der Waals surface area contributed by atoms with Gasteiger partial charge in [0, 0.05) is 6.54 Å². The molecule has 0 aliphatic carbocycles. The number of nitriles is 1. The van der Waals surface area contributed by atoms with Crippen molar-refractivity contribution < 1.29 is 14.3 Å². The Balaban J connectivity index is 2.28. The van der Waals surface area contributed by atoms with E-state index in [1.807, 2.05) is 30.3 Å². The maximum atomic E-state index is 12.0. The molecule has 0 aliphatic heterocycles. The zero-order valence-electron chi connectivity index (χ0n) is 14.4. The Kier molecular flexibility index (Phi) is 5.79. The molecule has 1 aromatic heterocycles. The summed E-state index contributed by atoms with van der Waals surface area (Å²) in [6, 6.07) is 9.51. The lowest BCUT2D eigenvalue weighted by Crippen LogP contribution is -2.15. The first-order valence-corrected chi connectivity index (χ1v) is 7.75. The standard InChI is InChI=1S/C18H20N4O3/c1-4-25-18(23)15-11(2)22-17(14(9-19)16(15)20)21-10-12-5-7-13(24-3)8-6-12/h5-8H,4,10H2,1-3H3,(H3,20,21,22). The third kappa shape index (κ3) is 3.98. The Bertz CT molecular complexity index is 811. The molecule has 2 rings (SSSR count). The molecule has 130 valence electrons. The van der Waals surface area contributed by atoms with Gasteiger partial charge in [0.1, 0.15) is 28.8 Å². The molecule has 7 heteroatoms. The van der Waals surface area contributed by atoms with Gasteiger partial charge in [-0.05, 0) is 31.5 Å². The molecule has 0 aliphatic rings. The van der Waals surface area contributed by atoms with Crippen molar-refractivity contribution in [2.75, 3.05) is 24.8 Å². The molecule has 0 atom stereocenters. The van der Waals surface area contributed by atoms with E-state index in [2.05, 4.69) is 10.3 Å². The average Bonchev–Trinajstić information content (AvgIpc) is 2.60. The molecular weight excluding hydrogens is 320 g/mol. The Morgan fingerprint density at radius 1 is 1.36 bits per heavy atom. The second-order valence-corrected chi connectivity index (χ2v) is 5.24. The molecular formula is C18H20N4O3. The molecule has 2 aromatic rings. The molecule has 1 heterocycles. The number of aromatic nitrogens is 1. The van der Waals surface area contributed by atoms with Gasteiger partial charge in [0.2, 0.25) is 0 Å². The van der Waals surface area contributed by atoms with Gasteiger partial charge in [0.25, 0.3) is 0 Å². The molecule has 0 radical (unpaired) electrons. The first-order valence-electron chi connectivity index (χ1n) is 7.75. The van der Waals surface area contributed by atoms with Gasteiger partial charge in [-0.15, -0.1) is 0 Å². The van der Waals surface area contributed by atoms with Crippen molar-refractivity contribution in [2.24, 2.45) is 0 Å². The summed E-state index contributed by atoms with van der Waals surface area (Å²) in [5.41, 5.74) is 7.74. The summed E-state index contributed by atoms with van der Waals surface area (Å²) in [7, 11) is 1.60. The van der Waals surface area contributed by atoms with Gasteiger partial charge in [0.05, 0.1) is 25.1 Å². The molecule has 7 nitrogen and oxygen atoms in total. The van der Waals surface area contributed by atoms with E-state index in [9.17, 15) is 10.1 Å². The molecule has 0 saturated heterocycles. The largest absolute Gasteiger partial charge is 0.497 e. The summed E-state index contributed by atoms with van der Waals surface area (Å²) in [4.78, 5) is 16.3. The minimum Gasteiger partial charge on any atom is -0.497 e. The van der Waals surface area contributed by atoms with Gasteiger partial charge in [-0.1, -0.05) is 12.1 Å². The van der Waals surface area contributed by atoms with Crippen LogP contribution in [-0.4, -0.2) is 24.7 Å². The number of carbonyl (C=O) groups excluding carboxylic acids is 1. The number of nitrogens with two attached hydrogens (primary N) is 1. The summed E-state index contributed by atoms with van der Waals surface area (Å²) in [6.07, 6.45) is 0. The number of ether oxygens (including phenoxy) is 2. The lowest BCUT2D eigenvalue weighted by Gasteiger charge is -2.14. The van der Waals surface area contributed by atoms with E-state index in [1.54, 1.807) is 21.0 Å². The molecule has 0 saturated carbocycles. The highest BCUT2D eigenvalue weighted by Gasteiger charge is 2.21. The topological polar surface area (TPSA) is 110 Å². The highest BCUT2D eigenvalue weighted by Crippen LogP contribution is 2.27. The Morgan fingerprint density at radius 3 is 2.60 bits per heavy atom. The minimum atomic E-state index is -0.580. The van der Waals surface area contributed by atoms with Gasteiger partial charge in [-0.25, -0.2) is 9.78 Å². The van der Waals surface area contributed by atoms with Crippen LogP contribution in [0.4, 0.5) is 11.5 Å². The summed E-state index contributed by atoms with van der Waals surface area (Å²) in [5, 5.41) is 12.5. The predicted molar refractivity (Wildman–Crippen MR) is 94.4 cm³/mol. The van der Waals surface area contributed by atoms with E-state index in [-0.39, 0.29) is 23.4 Å². The Labute approximate surface area is 146 Å². The van der Waals surface area contributed by atoms with Gasteiger partial charge in [0.15, 0.2) is 0 Å². The smallest absolute Gasteiger partial charge is 0.342 e. The number of rotatable bonds is 6. The summed E-state index contributed by atoms with van der Waals surface area (Å²) < 4.78 is 10.1. The van der Waals surface area contributed by atoms with Gasteiger partial charge in [-0.3, -0.25) is 0 Å². The van der Waals surface area contributed by atoms with Crippen LogP contribution in [0.25, 0.3) is 0 Å². The Hall–Kier alpha value is -3.27. The van der Waals surface area contributed by atoms with Crippen LogP contribution in [0.3, 0.4) is 0 Å². The highest BCUT2D eigenvalue weighted by atomic mass is 16.5. The number of anilines is 2. The van der Waals surface area contributed by atoms with E-state index in [4.69, 9.17) is 15.2 Å². The van der Waals surface area contributed by atoms with Crippen molar-refractivity contribution >= 4 is 17.5 Å². The fourth-order valence-corrected chi connectivity index (χ4v) is 2.36. The average molecular weight is 340 g/mol. The number of carbonyl (C=O) groups is 1. The van der Waals surface area contributed by atoms with Crippen LogP contribution in [0.1, 0.15) is 34.1 Å². The molecule has 25 heavy (non-hydrogen) atoms. The number of hydrogen-bond acceptors (Lipinski definition) is 7. The number of hydrogen-bond donors (Lipinski definition) is 2. The lowest BCUT2D eigenvalue weighted by molar-refractivity contribution is 0.0526. The second-order valence-electron chi connectivity index (χ2n) is 5.24. The zero-order chi connectivity index (χ0) is 18.4. The molecule has 0 unspecified atom stereocenters. The van der Waals surface area contributed by atoms with Crippen LogP contribution in [0, 0.1) is 18.3 Å². The molecule has 0 bridgehead atoms. The monoisotopic (exact) mass is 340 g/mol. The number of esters is 1. The summed E-state index contributed by atoms with van der Waals surface area (Å²) in [5.74, 6) is 0.517. The summed E-state index contributed by atoms with van der Waals surface area (Å²) in [6.45, 7) is 4.02. The van der Waals surface area contributed by atoms with Crippen LogP contribution in [0.5, 0.6) is 5.75 Å². The maximum absolute atomic E-state index is 12.0. The number of benzene rings is 1. The first-order chi connectivity index (χ1) is 12.0. The lowest BCUT2D eigenvalue weighted by atomic mass is 10.1. The number of nitrogens with one attached hydrogen (secondary N) is 1. The van der Waals surface area contributed by atoms with E-state index in [0.717, 1.165) is 11.3 Å². The number of nitrogens with zero attached hydrogens (tertiary/aromatic N) is 2. The van der Waals surface area contributed by atoms with Gasteiger partial charge in [-0.2, -0.15) is 5.26 Å². The van der Waals surface area contributed by atoms with Crippen LogP contribution in [0.2, 0.25) is 0 Å². The first kappa shape index (κ1) is 18.1. The van der Waals surface area contributed by atoms with Crippen LogP contribution in [0.15, 0.2) is 24.3 Å². The fourth-order valence-electron chi connectivity index (χ4n) is 2.36. The van der Waals surface area contributed by atoms with E-state index in [1.165, 1.54) is 0 Å². The van der Waals surface area contributed by atoms with Crippen molar-refractivity contribution in [1.29, 1.82) is 5.26 Å². The van der Waals surface area contributed by atoms with E-state index < -0.39 is 5.97 Å². The molecule has 0 amide bonds. The SMILES string of the molecule is CCOC(=O)c1c(C)nc(NCc2ccc(OC)cc2)c(C#N)c1N. The van der Waals surface area contributed by atoms with E-state index >= 15 is 0 Å². The maximum Gasteiger partial charge on any atom is 0.342 e. The van der Waals surface area contributed by atoms with Crippen molar-refractivity contribution in [1.82, 2.24) is 4.98 Å². The van der Waals surface area contributed by atoms with E-state index in [0.29, 0.717) is 18.1 Å². The highest BCUT2D eigenvalue weighted by molar-refractivity contribution is 5.98. The van der Waals surface area contributed by atoms with Crippen molar-refractivity contribution in [3.8, 4) is 11.8 Å². The normalized spacial score (nSPS) is 10.0. The van der Waals surface area contributed by atoms with Crippen molar-refractivity contribution in [2.45, 2.75) is 20.4 Å². The van der Waals surface area contributed by atoms with Crippen LogP contribution < -0.4 is 15.8 Å². The van der Waals surface area contributed by atoms with Crippen molar-refractivity contribution in [3.63, 3.8) is 0 Å². The molecule has 3 N–H and O–H groups in total. The second kappa shape index (κ2) is 8.02. The number of aryl methyl sites for hydroxylation is 1. The predicted octanol–water partition coefficient (Wildman–Crippen LogP) is 2.64. The third-order valence-electron chi connectivity index (χ3n) is 3.63. The molecule has 0 spiro atoms. The fraction of sp³-hybridized carbons (Fsp3) is 0.278. The number of pyridine rings is 1. The quantitative estimate of drug-likeness (QED) is 0.778. The minimum absolute atomic E-state index is 0.0747.